The smallest absolute Gasteiger partial charge is 0.387 e. The zero-order valence-electron chi connectivity index (χ0n) is 16.1. The molecule has 4 nitrogen and oxygen atoms in total. The van der Waals surface area contributed by atoms with Crippen LogP contribution in [0.3, 0.4) is 0 Å². The summed E-state index contributed by atoms with van der Waals surface area (Å²) in [4.78, 5) is 14.4. The Morgan fingerprint density at radius 1 is 1.11 bits per heavy atom. The maximum atomic E-state index is 12.7. The summed E-state index contributed by atoms with van der Waals surface area (Å²) < 4.78 is 28.8. The standard InChI is InChI=1S/C21H26F2N2O2/c1-14-7-5-6-8-18(14)13-25(4)20(26)16(3)24-15(2)17-9-11-19(12-10-17)27-21(22)23/h5-12,15-16,21,24H,13H2,1-4H3. The fraction of sp³-hybridized carbons (Fsp3) is 0.381. The van der Waals surface area contributed by atoms with Crippen LogP contribution in [0.25, 0.3) is 0 Å². The molecular weight excluding hydrogens is 350 g/mol. The first-order valence-electron chi connectivity index (χ1n) is 8.88. The van der Waals surface area contributed by atoms with Crippen molar-refractivity contribution in [2.24, 2.45) is 0 Å². The van der Waals surface area contributed by atoms with E-state index in [0.29, 0.717) is 6.54 Å². The van der Waals surface area contributed by atoms with Crippen molar-refractivity contribution in [3.05, 3.63) is 65.2 Å². The van der Waals surface area contributed by atoms with E-state index in [1.54, 1.807) is 24.1 Å². The first kappa shape index (κ1) is 20.8. The molecule has 2 atom stereocenters. The molecule has 0 aromatic heterocycles. The molecule has 2 aromatic carbocycles. The Bertz CT molecular complexity index is 750. The van der Waals surface area contributed by atoms with Crippen LogP contribution in [0, 0.1) is 6.92 Å². The number of benzene rings is 2. The zero-order valence-corrected chi connectivity index (χ0v) is 16.1. The number of carbonyl (C=O) groups is 1. The maximum Gasteiger partial charge on any atom is 0.387 e. The van der Waals surface area contributed by atoms with E-state index in [1.807, 2.05) is 45.0 Å². The Morgan fingerprint density at radius 3 is 2.33 bits per heavy atom. The van der Waals surface area contributed by atoms with Gasteiger partial charge in [0, 0.05) is 19.6 Å². The van der Waals surface area contributed by atoms with Crippen LogP contribution in [-0.4, -0.2) is 30.5 Å². The fourth-order valence-electron chi connectivity index (χ4n) is 2.93. The third kappa shape index (κ3) is 6.03. The van der Waals surface area contributed by atoms with E-state index in [-0.39, 0.29) is 23.7 Å². The van der Waals surface area contributed by atoms with E-state index in [0.717, 1.165) is 16.7 Å². The summed E-state index contributed by atoms with van der Waals surface area (Å²) in [6.45, 7) is 3.48. The Labute approximate surface area is 159 Å². The topological polar surface area (TPSA) is 41.6 Å². The summed E-state index contributed by atoms with van der Waals surface area (Å²) in [7, 11) is 1.79. The van der Waals surface area contributed by atoms with E-state index >= 15 is 0 Å². The van der Waals surface area contributed by atoms with Gasteiger partial charge in [-0.1, -0.05) is 36.4 Å². The van der Waals surface area contributed by atoms with Gasteiger partial charge >= 0.3 is 6.61 Å². The highest BCUT2D eigenvalue weighted by Crippen LogP contribution is 2.20. The molecule has 2 aromatic rings. The van der Waals surface area contributed by atoms with Gasteiger partial charge in [0.25, 0.3) is 0 Å². The van der Waals surface area contributed by atoms with Crippen molar-refractivity contribution in [3.63, 3.8) is 0 Å². The summed E-state index contributed by atoms with van der Waals surface area (Å²) in [5.41, 5.74) is 3.15. The van der Waals surface area contributed by atoms with Crippen molar-refractivity contribution < 1.29 is 18.3 Å². The van der Waals surface area contributed by atoms with Crippen LogP contribution in [0.1, 0.15) is 36.6 Å². The molecule has 0 saturated carbocycles. The normalized spacial score (nSPS) is 13.3. The molecule has 0 aliphatic heterocycles. The predicted molar refractivity (Wildman–Crippen MR) is 102 cm³/mol. The van der Waals surface area contributed by atoms with Crippen LogP contribution in [0.2, 0.25) is 0 Å². The second-order valence-electron chi connectivity index (χ2n) is 6.68. The number of nitrogens with one attached hydrogen (secondary N) is 1. The average molecular weight is 376 g/mol. The maximum absolute atomic E-state index is 12.7. The highest BCUT2D eigenvalue weighted by molar-refractivity contribution is 5.81. The Morgan fingerprint density at radius 2 is 1.74 bits per heavy atom. The van der Waals surface area contributed by atoms with Crippen LogP contribution < -0.4 is 10.1 Å². The quantitative estimate of drug-likeness (QED) is 0.747. The Kier molecular flexibility index (Phi) is 7.30. The third-order valence-corrected chi connectivity index (χ3v) is 4.52. The van der Waals surface area contributed by atoms with Gasteiger partial charge in [0.2, 0.25) is 5.91 Å². The number of hydrogen-bond acceptors (Lipinski definition) is 3. The van der Waals surface area contributed by atoms with Crippen LogP contribution in [0.5, 0.6) is 5.75 Å². The van der Waals surface area contributed by atoms with Gasteiger partial charge in [0.1, 0.15) is 5.75 Å². The molecule has 0 spiro atoms. The minimum Gasteiger partial charge on any atom is -0.435 e. The summed E-state index contributed by atoms with van der Waals surface area (Å²) in [6.07, 6.45) is 0. The predicted octanol–water partition coefficient (Wildman–Crippen LogP) is 4.29. The Hall–Kier alpha value is -2.47. The van der Waals surface area contributed by atoms with Crippen molar-refractivity contribution in [1.82, 2.24) is 10.2 Å². The summed E-state index contributed by atoms with van der Waals surface area (Å²) in [6, 6.07) is 13.9. The van der Waals surface area contributed by atoms with Crippen LogP contribution in [-0.2, 0) is 11.3 Å². The molecule has 2 unspecified atom stereocenters. The van der Waals surface area contributed by atoms with Gasteiger partial charge in [0.05, 0.1) is 6.04 Å². The average Bonchev–Trinajstić information content (AvgIpc) is 2.62. The molecule has 0 aliphatic carbocycles. The highest BCUT2D eigenvalue weighted by atomic mass is 19.3. The van der Waals surface area contributed by atoms with Crippen LogP contribution in [0.4, 0.5) is 8.78 Å². The highest BCUT2D eigenvalue weighted by Gasteiger charge is 2.20. The number of nitrogens with zero attached hydrogens (tertiary/aromatic N) is 1. The molecule has 0 heterocycles. The van der Waals surface area contributed by atoms with Gasteiger partial charge in [-0.2, -0.15) is 8.78 Å². The number of carbonyl (C=O) groups excluding carboxylic acids is 1. The molecule has 1 N–H and O–H groups in total. The van der Waals surface area contributed by atoms with E-state index in [4.69, 9.17) is 0 Å². The second kappa shape index (κ2) is 9.46. The monoisotopic (exact) mass is 376 g/mol. The van der Waals surface area contributed by atoms with Gasteiger partial charge in [-0.25, -0.2) is 0 Å². The lowest BCUT2D eigenvalue weighted by Gasteiger charge is -2.25. The molecule has 0 saturated heterocycles. The second-order valence-corrected chi connectivity index (χ2v) is 6.68. The third-order valence-electron chi connectivity index (χ3n) is 4.52. The lowest BCUT2D eigenvalue weighted by atomic mass is 10.1. The van der Waals surface area contributed by atoms with Gasteiger partial charge in [0.15, 0.2) is 0 Å². The first-order chi connectivity index (χ1) is 12.8. The van der Waals surface area contributed by atoms with Crippen molar-refractivity contribution in [2.75, 3.05) is 7.05 Å². The van der Waals surface area contributed by atoms with Crippen molar-refractivity contribution in [1.29, 1.82) is 0 Å². The molecule has 0 fully saturated rings. The number of likely N-dealkylation sites (N-methyl/N-ethyl adjacent to an activating group) is 1. The number of halogens is 2. The fourth-order valence-corrected chi connectivity index (χ4v) is 2.93. The number of aryl methyl sites for hydroxylation is 1. The number of ether oxygens (including phenoxy) is 1. The van der Waals surface area contributed by atoms with Gasteiger partial charge < -0.3 is 9.64 Å². The lowest BCUT2D eigenvalue weighted by molar-refractivity contribution is -0.132. The number of alkyl halides is 2. The van der Waals surface area contributed by atoms with E-state index in [1.165, 1.54) is 12.1 Å². The number of rotatable bonds is 8. The summed E-state index contributed by atoms with van der Waals surface area (Å²) >= 11 is 0. The molecular formula is C21H26F2N2O2. The lowest BCUT2D eigenvalue weighted by Crippen LogP contribution is -2.43. The SMILES string of the molecule is Cc1ccccc1CN(C)C(=O)C(C)NC(C)c1ccc(OC(F)F)cc1. The number of hydrogen-bond donors (Lipinski definition) is 1. The van der Waals surface area contributed by atoms with E-state index in [9.17, 15) is 13.6 Å². The molecule has 0 radical (unpaired) electrons. The molecule has 146 valence electrons. The molecule has 1 amide bonds. The van der Waals surface area contributed by atoms with Crippen molar-refractivity contribution >= 4 is 5.91 Å². The molecule has 6 heteroatoms. The van der Waals surface area contributed by atoms with Crippen molar-refractivity contribution in [2.45, 2.75) is 46.0 Å². The van der Waals surface area contributed by atoms with Gasteiger partial charge in [-0.15, -0.1) is 0 Å². The van der Waals surface area contributed by atoms with Crippen LogP contribution in [0.15, 0.2) is 48.5 Å². The Balaban J connectivity index is 1.93. The summed E-state index contributed by atoms with van der Waals surface area (Å²) in [5.74, 6) is 0.103. The minimum absolute atomic E-state index is 0.0113. The molecule has 0 bridgehead atoms. The molecule has 27 heavy (non-hydrogen) atoms. The van der Waals surface area contributed by atoms with E-state index in [2.05, 4.69) is 10.1 Å². The molecule has 0 aliphatic rings. The first-order valence-corrected chi connectivity index (χ1v) is 8.88. The largest absolute Gasteiger partial charge is 0.435 e. The van der Waals surface area contributed by atoms with Crippen molar-refractivity contribution in [3.8, 4) is 5.75 Å². The van der Waals surface area contributed by atoms with Gasteiger partial charge in [-0.3, -0.25) is 10.1 Å². The van der Waals surface area contributed by atoms with E-state index < -0.39 is 6.61 Å². The molecule has 2 rings (SSSR count). The zero-order chi connectivity index (χ0) is 20.0. The summed E-state index contributed by atoms with van der Waals surface area (Å²) in [5, 5.41) is 3.26. The van der Waals surface area contributed by atoms with Crippen LogP contribution >= 0.6 is 0 Å². The van der Waals surface area contributed by atoms with Gasteiger partial charge in [-0.05, 0) is 49.6 Å². The number of amides is 1. The minimum atomic E-state index is -2.84.